The number of phenols is 2. The number of aliphatic hydroxyl groups excluding tert-OH is 2. The molecule has 0 heterocycles. The molecule has 2 aromatic carbocycles. The lowest BCUT2D eigenvalue weighted by Gasteiger charge is -2.34. The van der Waals surface area contributed by atoms with E-state index in [2.05, 4.69) is 0 Å². The molecule has 2 aromatic rings. The smallest absolute Gasteiger partial charge is 0.323 e. The number of aliphatic hydroxyl groups is 2. The highest BCUT2D eigenvalue weighted by atomic mass is 16.4. The Labute approximate surface area is 185 Å². The highest BCUT2D eigenvalue weighted by molar-refractivity contribution is 5.77. The molecule has 0 aliphatic rings. The van der Waals surface area contributed by atoms with Crippen molar-refractivity contribution in [3.05, 3.63) is 59.7 Å². The molecule has 10 nitrogen and oxygen atoms in total. The van der Waals surface area contributed by atoms with E-state index in [4.69, 9.17) is 0 Å². The van der Waals surface area contributed by atoms with E-state index >= 15 is 0 Å². The fourth-order valence-corrected chi connectivity index (χ4v) is 3.42. The van der Waals surface area contributed by atoms with Gasteiger partial charge in [0.2, 0.25) is 0 Å². The normalized spacial score (nSPS) is 13.2. The first-order valence-corrected chi connectivity index (χ1v) is 9.97. The van der Waals surface area contributed by atoms with Crippen molar-refractivity contribution < 1.29 is 40.2 Å². The molecular formula is C22H28N2O8. The maximum atomic E-state index is 11.6. The third-order valence-electron chi connectivity index (χ3n) is 5.16. The third-order valence-corrected chi connectivity index (χ3v) is 5.16. The molecule has 2 atom stereocenters. The summed E-state index contributed by atoms with van der Waals surface area (Å²) in [5, 5.41) is 58.2. The predicted octanol–water partition coefficient (Wildman–Crippen LogP) is 0.293. The first-order valence-electron chi connectivity index (χ1n) is 9.97. The molecule has 0 saturated carbocycles. The van der Waals surface area contributed by atoms with E-state index in [0.29, 0.717) is 11.1 Å². The van der Waals surface area contributed by atoms with Gasteiger partial charge in [-0.2, -0.15) is 0 Å². The number of hydrogen-bond donors (Lipinski definition) is 6. The zero-order valence-corrected chi connectivity index (χ0v) is 17.4. The molecule has 6 N–H and O–H groups in total. The Bertz CT molecular complexity index is 838. The van der Waals surface area contributed by atoms with Gasteiger partial charge in [-0.25, -0.2) is 0 Å². The monoisotopic (exact) mass is 448 g/mol. The first kappa shape index (κ1) is 25.1. The Hall–Kier alpha value is -3.18. The molecule has 0 aromatic heterocycles. The van der Waals surface area contributed by atoms with Crippen LogP contribution in [0.5, 0.6) is 11.5 Å². The van der Waals surface area contributed by atoms with Crippen molar-refractivity contribution in [1.82, 2.24) is 9.80 Å². The molecule has 2 rings (SSSR count). The molecule has 0 bridgehead atoms. The fourth-order valence-electron chi connectivity index (χ4n) is 3.42. The highest BCUT2D eigenvalue weighted by Crippen LogP contribution is 2.22. The molecule has 0 aliphatic heterocycles. The summed E-state index contributed by atoms with van der Waals surface area (Å²) in [5.74, 6) is -2.71. The van der Waals surface area contributed by atoms with Gasteiger partial charge in [0.05, 0.1) is 13.2 Å². The van der Waals surface area contributed by atoms with Gasteiger partial charge in [0.1, 0.15) is 23.6 Å². The minimum absolute atomic E-state index is 0.0594. The van der Waals surface area contributed by atoms with Crippen LogP contribution in [0.4, 0.5) is 0 Å². The van der Waals surface area contributed by atoms with E-state index in [1.807, 2.05) is 0 Å². The molecule has 0 saturated heterocycles. The maximum absolute atomic E-state index is 11.6. The molecular weight excluding hydrogens is 420 g/mol. The molecule has 0 aliphatic carbocycles. The molecule has 32 heavy (non-hydrogen) atoms. The van der Waals surface area contributed by atoms with E-state index < -0.39 is 37.2 Å². The number of aromatic hydroxyl groups is 2. The van der Waals surface area contributed by atoms with Crippen LogP contribution in [0.2, 0.25) is 0 Å². The number of rotatable bonds is 13. The van der Waals surface area contributed by atoms with Crippen molar-refractivity contribution in [2.24, 2.45) is 0 Å². The number of carboxylic acid groups (broad SMARTS) is 2. The molecule has 0 radical (unpaired) electrons. The number of para-hydroxylation sites is 2. The Morgan fingerprint density at radius 2 is 1.12 bits per heavy atom. The molecule has 0 spiro atoms. The minimum atomic E-state index is -1.53. The number of benzene rings is 2. The van der Waals surface area contributed by atoms with Crippen LogP contribution in [-0.4, -0.2) is 90.8 Å². The average molecular weight is 448 g/mol. The number of carbonyl (C=O) groups is 2. The van der Waals surface area contributed by atoms with Gasteiger partial charge in [-0.05, 0) is 12.1 Å². The molecule has 0 amide bonds. The Morgan fingerprint density at radius 1 is 0.719 bits per heavy atom. The van der Waals surface area contributed by atoms with Crippen LogP contribution in [0.15, 0.2) is 48.5 Å². The molecule has 174 valence electrons. The van der Waals surface area contributed by atoms with Gasteiger partial charge in [0, 0.05) is 37.3 Å². The van der Waals surface area contributed by atoms with E-state index in [-0.39, 0.29) is 37.7 Å². The maximum Gasteiger partial charge on any atom is 0.323 e. The van der Waals surface area contributed by atoms with Crippen LogP contribution in [0.25, 0.3) is 0 Å². The van der Waals surface area contributed by atoms with Crippen molar-refractivity contribution in [3.63, 3.8) is 0 Å². The Balaban J connectivity index is 2.30. The third kappa shape index (κ3) is 6.66. The number of nitrogens with zero attached hydrogens (tertiary/aromatic N) is 2. The quantitative estimate of drug-likeness (QED) is 0.251. The summed E-state index contributed by atoms with van der Waals surface area (Å²) < 4.78 is 0. The SMILES string of the molecule is O=C(O)C(CO)N(CCN(Cc1ccccc1O)Cc1ccccc1O)C(CO)C(=O)O. The zero-order valence-electron chi connectivity index (χ0n) is 17.4. The number of hydrogen-bond acceptors (Lipinski definition) is 8. The number of aliphatic carboxylic acids is 2. The molecule has 10 heteroatoms. The second kappa shape index (κ2) is 12.0. The first-order chi connectivity index (χ1) is 15.3. The van der Waals surface area contributed by atoms with Crippen LogP contribution in [-0.2, 0) is 22.7 Å². The molecule has 0 fully saturated rings. The minimum Gasteiger partial charge on any atom is -0.508 e. The fraction of sp³-hybridized carbons (Fsp3) is 0.364. The van der Waals surface area contributed by atoms with E-state index in [1.54, 1.807) is 41.3 Å². The predicted molar refractivity (Wildman–Crippen MR) is 114 cm³/mol. The summed E-state index contributed by atoms with van der Waals surface area (Å²) in [4.78, 5) is 26.0. The summed E-state index contributed by atoms with van der Waals surface area (Å²) in [6.07, 6.45) is 0. The summed E-state index contributed by atoms with van der Waals surface area (Å²) in [7, 11) is 0. The summed E-state index contributed by atoms with van der Waals surface area (Å²) in [6.45, 7) is -1.21. The van der Waals surface area contributed by atoms with Crippen LogP contribution < -0.4 is 0 Å². The van der Waals surface area contributed by atoms with Crippen LogP contribution in [0, 0.1) is 0 Å². The van der Waals surface area contributed by atoms with Crippen molar-refractivity contribution in [1.29, 1.82) is 0 Å². The van der Waals surface area contributed by atoms with Crippen LogP contribution >= 0.6 is 0 Å². The average Bonchev–Trinajstić information content (AvgIpc) is 2.75. The Morgan fingerprint density at radius 3 is 1.47 bits per heavy atom. The lowest BCUT2D eigenvalue weighted by molar-refractivity contribution is -0.153. The van der Waals surface area contributed by atoms with Crippen molar-refractivity contribution in [2.45, 2.75) is 25.2 Å². The summed E-state index contributed by atoms with van der Waals surface area (Å²) >= 11 is 0. The summed E-state index contributed by atoms with van der Waals surface area (Å²) in [5.41, 5.74) is 1.17. The Kier molecular flexibility index (Phi) is 9.41. The van der Waals surface area contributed by atoms with Crippen LogP contribution in [0.3, 0.4) is 0 Å². The largest absolute Gasteiger partial charge is 0.508 e. The van der Waals surface area contributed by atoms with Crippen molar-refractivity contribution in [3.8, 4) is 11.5 Å². The van der Waals surface area contributed by atoms with Gasteiger partial charge < -0.3 is 30.6 Å². The number of carboxylic acids is 2. The zero-order chi connectivity index (χ0) is 23.7. The van der Waals surface area contributed by atoms with Gasteiger partial charge in [-0.15, -0.1) is 0 Å². The summed E-state index contributed by atoms with van der Waals surface area (Å²) in [6, 6.07) is 10.3. The van der Waals surface area contributed by atoms with E-state index in [1.165, 1.54) is 12.1 Å². The van der Waals surface area contributed by atoms with E-state index in [0.717, 1.165) is 4.90 Å². The van der Waals surface area contributed by atoms with Gasteiger partial charge in [-0.3, -0.25) is 19.4 Å². The second-order valence-electron chi connectivity index (χ2n) is 7.28. The van der Waals surface area contributed by atoms with Gasteiger partial charge in [0.25, 0.3) is 0 Å². The van der Waals surface area contributed by atoms with Gasteiger partial charge >= 0.3 is 11.9 Å². The topological polar surface area (TPSA) is 162 Å². The van der Waals surface area contributed by atoms with E-state index in [9.17, 15) is 40.2 Å². The lowest BCUT2D eigenvalue weighted by Crippen LogP contribution is -2.55. The standard InChI is InChI=1S/C22H28N2O8/c25-13-17(21(29)30)24(18(14-26)22(31)32)10-9-23(11-15-5-1-3-7-19(15)27)12-16-6-2-4-8-20(16)28/h1-8,17-18,25-28H,9-14H2,(H,29,30)(H,31,32). The molecule has 2 unspecified atom stereocenters. The second-order valence-corrected chi connectivity index (χ2v) is 7.28. The van der Waals surface area contributed by atoms with Gasteiger partial charge in [0.15, 0.2) is 0 Å². The van der Waals surface area contributed by atoms with Crippen LogP contribution in [0.1, 0.15) is 11.1 Å². The van der Waals surface area contributed by atoms with Crippen molar-refractivity contribution in [2.75, 3.05) is 26.3 Å². The lowest BCUT2D eigenvalue weighted by atomic mass is 10.1. The number of phenolic OH excluding ortho intramolecular Hbond substituents is 2. The van der Waals surface area contributed by atoms with Crippen molar-refractivity contribution >= 4 is 11.9 Å². The highest BCUT2D eigenvalue weighted by Gasteiger charge is 2.35. The van der Waals surface area contributed by atoms with Gasteiger partial charge in [-0.1, -0.05) is 36.4 Å².